The molecule has 5 heteroatoms. The number of ether oxygens (including phenoxy) is 1. The first-order valence-corrected chi connectivity index (χ1v) is 6.45. The molecule has 1 aromatic rings. The lowest BCUT2D eigenvalue weighted by Gasteiger charge is -2.21. The van der Waals surface area contributed by atoms with Gasteiger partial charge in [-0.05, 0) is 18.9 Å². The van der Waals surface area contributed by atoms with Crippen LogP contribution >= 0.6 is 0 Å². The van der Waals surface area contributed by atoms with Gasteiger partial charge in [0.1, 0.15) is 11.9 Å². The number of hydrogen-bond acceptors (Lipinski definition) is 3. The standard InChI is InChI=1S/C14H19FN2O2/c1-17(9-10-4-2-3-5-12(10)15)14(18)13-7-6-11(8-16)19-13/h2-5,11,13H,6-9,16H2,1H3/t11-,13+/m1/s1. The number of nitrogens with two attached hydrogens (primary N) is 1. The molecule has 4 nitrogen and oxygen atoms in total. The maximum atomic E-state index is 13.5. The molecule has 0 radical (unpaired) electrons. The lowest BCUT2D eigenvalue weighted by atomic mass is 10.1. The molecule has 0 bridgehead atoms. The Kier molecular flexibility index (Phi) is 4.50. The monoisotopic (exact) mass is 266 g/mol. The van der Waals surface area contributed by atoms with Crippen LogP contribution in [0.5, 0.6) is 0 Å². The quantitative estimate of drug-likeness (QED) is 0.893. The van der Waals surface area contributed by atoms with Crippen molar-refractivity contribution in [3.8, 4) is 0 Å². The number of carbonyl (C=O) groups excluding carboxylic acids is 1. The number of nitrogens with zero attached hydrogens (tertiary/aromatic N) is 1. The molecule has 1 saturated heterocycles. The van der Waals surface area contributed by atoms with Crippen molar-refractivity contribution in [2.45, 2.75) is 31.6 Å². The molecule has 0 spiro atoms. The number of likely N-dealkylation sites (N-methyl/N-ethyl adjacent to an activating group) is 1. The Labute approximate surface area is 112 Å². The van der Waals surface area contributed by atoms with Crippen LogP contribution in [0.1, 0.15) is 18.4 Å². The number of rotatable bonds is 4. The van der Waals surface area contributed by atoms with Crippen LogP contribution in [-0.2, 0) is 16.1 Å². The predicted octanol–water partition coefficient (Wildman–Crippen LogP) is 1.29. The summed E-state index contributed by atoms with van der Waals surface area (Å²) in [5, 5.41) is 0. The van der Waals surface area contributed by atoms with E-state index in [0.717, 1.165) is 6.42 Å². The van der Waals surface area contributed by atoms with Gasteiger partial charge >= 0.3 is 0 Å². The van der Waals surface area contributed by atoms with E-state index in [-0.39, 0.29) is 24.4 Å². The average molecular weight is 266 g/mol. The molecule has 1 aliphatic rings. The maximum absolute atomic E-state index is 13.5. The van der Waals surface area contributed by atoms with E-state index in [2.05, 4.69) is 0 Å². The molecular weight excluding hydrogens is 247 g/mol. The highest BCUT2D eigenvalue weighted by Gasteiger charge is 2.31. The van der Waals surface area contributed by atoms with E-state index in [1.165, 1.54) is 11.0 Å². The van der Waals surface area contributed by atoms with E-state index in [0.29, 0.717) is 18.5 Å². The zero-order chi connectivity index (χ0) is 13.8. The summed E-state index contributed by atoms with van der Waals surface area (Å²) in [5.74, 6) is -0.409. The van der Waals surface area contributed by atoms with Crippen LogP contribution in [0.2, 0.25) is 0 Å². The summed E-state index contributed by atoms with van der Waals surface area (Å²) >= 11 is 0. The molecule has 1 aromatic carbocycles. The summed E-state index contributed by atoms with van der Waals surface area (Å²) in [7, 11) is 1.66. The van der Waals surface area contributed by atoms with Crippen molar-refractivity contribution < 1.29 is 13.9 Å². The minimum Gasteiger partial charge on any atom is -0.364 e. The van der Waals surface area contributed by atoms with Crippen LogP contribution in [0.3, 0.4) is 0 Å². The van der Waals surface area contributed by atoms with Crippen LogP contribution in [0, 0.1) is 5.82 Å². The van der Waals surface area contributed by atoms with E-state index in [9.17, 15) is 9.18 Å². The van der Waals surface area contributed by atoms with E-state index < -0.39 is 6.10 Å². The van der Waals surface area contributed by atoms with Gasteiger partial charge in [0.25, 0.3) is 5.91 Å². The molecule has 2 rings (SSSR count). The molecule has 2 N–H and O–H groups in total. The van der Waals surface area contributed by atoms with E-state index in [4.69, 9.17) is 10.5 Å². The van der Waals surface area contributed by atoms with Crippen molar-refractivity contribution in [2.24, 2.45) is 5.73 Å². The first kappa shape index (κ1) is 14.0. The molecule has 0 unspecified atom stereocenters. The Hall–Kier alpha value is -1.46. The summed E-state index contributed by atoms with van der Waals surface area (Å²) < 4.78 is 19.1. The highest BCUT2D eigenvalue weighted by atomic mass is 19.1. The molecule has 0 aromatic heterocycles. The Morgan fingerprint density at radius 1 is 1.47 bits per heavy atom. The first-order valence-electron chi connectivity index (χ1n) is 6.45. The molecule has 2 atom stereocenters. The van der Waals surface area contributed by atoms with Gasteiger partial charge in [-0.15, -0.1) is 0 Å². The van der Waals surface area contributed by atoms with Crippen molar-refractivity contribution >= 4 is 5.91 Å². The fourth-order valence-electron chi connectivity index (χ4n) is 2.27. The van der Waals surface area contributed by atoms with Crippen LogP contribution in [0.15, 0.2) is 24.3 Å². The molecule has 1 fully saturated rings. The summed E-state index contributed by atoms with van der Waals surface area (Å²) in [5.41, 5.74) is 6.02. The lowest BCUT2D eigenvalue weighted by Crippen LogP contribution is -2.36. The van der Waals surface area contributed by atoms with Crippen molar-refractivity contribution in [3.63, 3.8) is 0 Å². The third-order valence-electron chi connectivity index (χ3n) is 3.39. The van der Waals surface area contributed by atoms with Gasteiger partial charge in [0.2, 0.25) is 0 Å². The highest BCUT2D eigenvalue weighted by Crippen LogP contribution is 2.21. The molecule has 1 aliphatic heterocycles. The fraction of sp³-hybridized carbons (Fsp3) is 0.500. The number of halogens is 1. The van der Waals surface area contributed by atoms with Crippen LogP contribution in [0.4, 0.5) is 4.39 Å². The zero-order valence-corrected chi connectivity index (χ0v) is 11.0. The number of amides is 1. The van der Waals surface area contributed by atoms with Crippen LogP contribution in [0.25, 0.3) is 0 Å². The Bertz CT molecular complexity index is 453. The normalized spacial score (nSPS) is 22.5. The van der Waals surface area contributed by atoms with E-state index in [1.54, 1.807) is 25.2 Å². The summed E-state index contributed by atoms with van der Waals surface area (Å²) in [6, 6.07) is 6.46. The van der Waals surface area contributed by atoms with Gasteiger partial charge in [-0.3, -0.25) is 4.79 Å². The van der Waals surface area contributed by atoms with Gasteiger partial charge in [-0.2, -0.15) is 0 Å². The zero-order valence-electron chi connectivity index (χ0n) is 11.0. The minimum atomic E-state index is -0.440. The molecular formula is C14H19FN2O2. The number of hydrogen-bond donors (Lipinski definition) is 1. The Balaban J connectivity index is 1.95. The van der Waals surface area contributed by atoms with Gasteiger partial charge in [-0.25, -0.2) is 4.39 Å². The second kappa shape index (κ2) is 6.12. The van der Waals surface area contributed by atoms with Gasteiger partial charge < -0.3 is 15.4 Å². The van der Waals surface area contributed by atoms with Crippen molar-refractivity contribution in [2.75, 3.05) is 13.6 Å². The van der Waals surface area contributed by atoms with Gasteiger partial charge in [0.15, 0.2) is 0 Å². The molecule has 1 heterocycles. The second-order valence-corrected chi connectivity index (χ2v) is 4.85. The molecule has 19 heavy (non-hydrogen) atoms. The number of carbonyl (C=O) groups is 1. The molecule has 0 aliphatic carbocycles. The third kappa shape index (κ3) is 3.30. The van der Waals surface area contributed by atoms with Crippen molar-refractivity contribution in [3.05, 3.63) is 35.6 Å². The van der Waals surface area contributed by atoms with Gasteiger partial charge in [-0.1, -0.05) is 18.2 Å². The van der Waals surface area contributed by atoms with Crippen molar-refractivity contribution in [1.29, 1.82) is 0 Å². The van der Waals surface area contributed by atoms with Crippen LogP contribution in [-0.4, -0.2) is 36.6 Å². The summed E-state index contributed by atoms with van der Waals surface area (Å²) in [6.07, 6.45) is 1.02. The van der Waals surface area contributed by atoms with E-state index in [1.807, 2.05) is 0 Å². The van der Waals surface area contributed by atoms with Gasteiger partial charge in [0.05, 0.1) is 6.10 Å². The Morgan fingerprint density at radius 2 is 2.21 bits per heavy atom. The SMILES string of the molecule is CN(Cc1ccccc1F)C(=O)[C@@H]1CC[C@H](CN)O1. The second-order valence-electron chi connectivity index (χ2n) is 4.85. The summed E-state index contributed by atoms with van der Waals surface area (Å²) in [4.78, 5) is 13.7. The van der Waals surface area contributed by atoms with E-state index >= 15 is 0 Å². The van der Waals surface area contributed by atoms with Crippen molar-refractivity contribution in [1.82, 2.24) is 4.90 Å². The van der Waals surface area contributed by atoms with Crippen LogP contribution < -0.4 is 5.73 Å². The largest absolute Gasteiger partial charge is 0.364 e. The topological polar surface area (TPSA) is 55.6 Å². The Morgan fingerprint density at radius 3 is 2.84 bits per heavy atom. The number of benzene rings is 1. The fourth-order valence-corrected chi connectivity index (χ4v) is 2.27. The minimum absolute atomic E-state index is 0.0317. The molecule has 1 amide bonds. The third-order valence-corrected chi connectivity index (χ3v) is 3.39. The maximum Gasteiger partial charge on any atom is 0.251 e. The highest BCUT2D eigenvalue weighted by molar-refractivity contribution is 5.81. The molecule has 104 valence electrons. The lowest BCUT2D eigenvalue weighted by molar-refractivity contribution is -0.141. The first-order chi connectivity index (χ1) is 9.11. The van der Waals surface area contributed by atoms with Gasteiger partial charge in [0, 0.05) is 25.7 Å². The summed E-state index contributed by atoms with van der Waals surface area (Å²) in [6.45, 7) is 0.680. The average Bonchev–Trinajstić information content (AvgIpc) is 2.89. The molecule has 0 saturated carbocycles. The predicted molar refractivity (Wildman–Crippen MR) is 69.8 cm³/mol. The smallest absolute Gasteiger partial charge is 0.251 e.